The highest BCUT2D eigenvalue weighted by molar-refractivity contribution is 9.02. The van der Waals surface area contributed by atoms with E-state index in [1.165, 1.54) is 7.05 Å². The van der Waals surface area contributed by atoms with E-state index in [4.69, 9.17) is 5.73 Å². The molecule has 0 saturated carbocycles. The second-order valence-electron chi connectivity index (χ2n) is 2.48. The van der Waals surface area contributed by atoms with E-state index >= 15 is 0 Å². The van der Waals surface area contributed by atoms with E-state index in [9.17, 15) is 18.0 Å². The Bertz CT molecular complexity index is 341. The smallest absolute Gasteiger partial charge is 0.298 e. The lowest BCUT2D eigenvalue weighted by molar-refractivity contribution is -0.126. The third-order valence-electron chi connectivity index (χ3n) is 1.34. The molecular weight excluding hydrogens is 262 g/mol. The zero-order valence-corrected chi connectivity index (χ0v) is 10.3. The molecule has 2 amide bonds. The first-order chi connectivity index (χ1) is 6.82. The van der Waals surface area contributed by atoms with Crippen LogP contribution in [-0.2, 0) is 18.6 Å². The number of carbonyl (C=O) groups is 2. The molecule has 7 nitrogen and oxygen atoms in total. The van der Waals surface area contributed by atoms with E-state index in [1.807, 2.05) is 0 Å². The van der Waals surface area contributed by atoms with E-state index in [0.717, 1.165) is 0 Å². The first-order valence-corrected chi connectivity index (χ1v) is 7.55. The molecule has 0 fully saturated rings. The molecule has 4 N–H and O–H groups in total. The molecule has 0 aliphatic carbocycles. The van der Waals surface area contributed by atoms with Gasteiger partial charge < -0.3 is 11.1 Å². The van der Waals surface area contributed by atoms with E-state index in [-0.39, 0.29) is 16.2 Å². The molecule has 0 spiro atoms. The van der Waals surface area contributed by atoms with Crippen LogP contribution < -0.4 is 15.8 Å². The summed E-state index contributed by atoms with van der Waals surface area (Å²) in [6.45, 7) is 0. The fourth-order valence-corrected chi connectivity index (χ4v) is 1.74. The van der Waals surface area contributed by atoms with Crippen LogP contribution in [0.5, 0.6) is 0 Å². The zero-order chi connectivity index (χ0) is 12.1. The van der Waals surface area contributed by atoms with E-state index in [0.29, 0.717) is 0 Å². The monoisotopic (exact) mass is 273 g/mol. The minimum Gasteiger partial charge on any atom is -0.359 e. The van der Waals surface area contributed by atoms with Gasteiger partial charge in [0.15, 0.2) is 0 Å². The van der Waals surface area contributed by atoms with Crippen molar-refractivity contribution < 1.29 is 18.0 Å². The number of rotatable bonds is 5. The van der Waals surface area contributed by atoms with Crippen LogP contribution in [0.3, 0.4) is 0 Å². The molecule has 0 radical (unpaired) electrons. The van der Waals surface area contributed by atoms with Gasteiger partial charge in [-0.3, -0.25) is 9.59 Å². The molecule has 1 unspecified atom stereocenters. The quantitative estimate of drug-likeness (QED) is 0.353. The van der Waals surface area contributed by atoms with Gasteiger partial charge in [-0.1, -0.05) is 11.7 Å². The molecule has 0 bridgehead atoms. The highest BCUT2D eigenvalue weighted by atomic mass is 33.5. The molecule has 15 heavy (non-hydrogen) atoms. The molecule has 0 saturated heterocycles. The van der Waals surface area contributed by atoms with Crippen molar-refractivity contribution in [2.45, 2.75) is 12.5 Å². The Kier molecular flexibility index (Phi) is 6.02. The maximum Gasteiger partial charge on any atom is 0.298 e. The molecular formula is C5H11N3O4S3. The van der Waals surface area contributed by atoms with Crippen molar-refractivity contribution in [1.82, 2.24) is 10.0 Å². The van der Waals surface area contributed by atoms with Crippen LogP contribution in [0.15, 0.2) is 0 Å². The van der Waals surface area contributed by atoms with Crippen LogP contribution >= 0.6 is 21.5 Å². The summed E-state index contributed by atoms with van der Waals surface area (Å²) in [5.41, 5.74) is 5.28. The minimum absolute atomic E-state index is 0.176. The normalized spacial score (nSPS) is 13.0. The standard InChI is InChI=1S/C5H11N3O4S3/c1-7-4(9)2-3(6)5(10)8-15(11,12)14-13/h3,13H,2,6H2,1H3,(H,7,9)(H,8,10). The second kappa shape index (κ2) is 6.20. The summed E-state index contributed by atoms with van der Waals surface area (Å²) >= 11 is 3.43. The fraction of sp³-hybridized carbons (Fsp3) is 0.600. The van der Waals surface area contributed by atoms with E-state index < -0.39 is 26.9 Å². The average Bonchev–Trinajstić information content (AvgIpc) is 2.16. The number of hydrogen-bond acceptors (Lipinski definition) is 7. The molecule has 10 heteroatoms. The molecule has 0 heterocycles. The fourth-order valence-electron chi connectivity index (χ4n) is 0.612. The van der Waals surface area contributed by atoms with E-state index in [1.54, 1.807) is 4.72 Å². The SMILES string of the molecule is CNC(=O)CC(N)C(=O)NS(=O)(=O)SS. The van der Waals surface area contributed by atoms with Gasteiger partial charge >= 0.3 is 0 Å². The molecule has 0 rings (SSSR count). The Labute approximate surface area is 95.8 Å². The summed E-state index contributed by atoms with van der Waals surface area (Å²) in [6, 6.07) is -1.21. The summed E-state index contributed by atoms with van der Waals surface area (Å²) < 4.78 is 23.4. The number of hydrogen-bond donors (Lipinski definition) is 4. The largest absolute Gasteiger partial charge is 0.359 e. The Morgan fingerprint density at radius 2 is 2.07 bits per heavy atom. The predicted octanol–water partition coefficient (Wildman–Crippen LogP) is -1.61. The number of carbonyl (C=O) groups excluding carboxylic acids is 2. The van der Waals surface area contributed by atoms with Gasteiger partial charge in [-0.15, -0.1) is 0 Å². The maximum absolute atomic E-state index is 11.1. The summed E-state index contributed by atoms with van der Waals surface area (Å²) in [7, 11) is -2.28. The third kappa shape index (κ3) is 5.87. The lowest BCUT2D eigenvalue weighted by atomic mass is 10.2. The Balaban J connectivity index is 4.29. The molecule has 0 aromatic heterocycles. The Morgan fingerprint density at radius 1 is 1.53 bits per heavy atom. The zero-order valence-electron chi connectivity index (χ0n) is 7.76. The van der Waals surface area contributed by atoms with Crippen LogP contribution in [0.1, 0.15) is 6.42 Å². The van der Waals surface area contributed by atoms with Crippen LogP contribution in [0, 0.1) is 0 Å². The first kappa shape index (κ1) is 14.6. The van der Waals surface area contributed by atoms with Gasteiger partial charge in [-0.2, -0.15) is 8.42 Å². The summed E-state index contributed by atoms with van der Waals surface area (Å²) in [5, 5.41) is 2.26. The molecule has 0 aliphatic heterocycles. The number of nitrogens with one attached hydrogen (secondary N) is 2. The topological polar surface area (TPSA) is 118 Å². The molecule has 0 aromatic rings. The molecule has 0 aromatic carbocycles. The van der Waals surface area contributed by atoms with Gasteiger partial charge in [0, 0.05) is 7.05 Å². The maximum atomic E-state index is 11.1. The van der Waals surface area contributed by atoms with Crippen molar-refractivity contribution in [2.75, 3.05) is 7.05 Å². The molecule has 88 valence electrons. The van der Waals surface area contributed by atoms with Crippen molar-refractivity contribution in [1.29, 1.82) is 0 Å². The Hall–Kier alpha value is -0.450. The van der Waals surface area contributed by atoms with Crippen molar-refractivity contribution >= 4 is 42.4 Å². The van der Waals surface area contributed by atoms with E-state index in [2.05, 4.69) is 17.0 Å². The number of thiol groups is 1. The second-order valence-corrected chi connectivity index (χ2v) is 6.85. The van der Waals surface area contributed by atoms with Gasteiger partial charge in [-0.05, 0) is 0 Å². The summed E-state index contributed by atoms with van der Waals surface area (Å²) in [4.78, 5) is 21.9. The van der Waals surface area contributed by atoms with Crippen LogP contribution in [0.2, 0.25) is 0 Å². The van der Waals surface area contributed by atoms with Crippen molar-refractivity contribution in [3.05, 3.63) is 0 Å². The van der Waals surface area contributed by atoms with Crippen LogP contribution in [-0.4, -0.2) is 33.3 Å². The molecule has 1 atom stereocenters. The van der Waals surface area contributed by atoms with Gasteiger partial charge in [0.2, 0.25) is 5.91 Å². The van der Waals surface area contributed by atoms with Crippen molar-refractivity contribution in [2.24, 2.45) is 5.73 Å². The van der Waals surface area contributed by atoms with Gasteiger partial charge in [0.1, 0.15) is 0 Å². The average molecular weight is 273 g/mol. The summed E-state index contributed by atoms with van der Waals surface area (Å²) in [6.07, 6.45) is -0.283. The lowest BCUT2D eigenvalue weighted by Crippen LogP contribution is -2.44. The van der Waals surface area contributed by atoms with Crippen molar-refractivity contribution in [3.8, 4) is 0 Å². The third-order valence-corrected chi connectivity index (χ3v) is 4.60. The molecule has 0 aliphatic rings. The number of amides is 2. The Morgan fingerprint density at radius 3 is 2.47 bits per heavy atom. The van der Waals surface area contributed by atoms with Crippen LogP contribution in [0.4, 0.5) is 0 Å². The van der Waals surface area contributed by atoms with Crippen LogP contribution in [0.25, 0.3) is 0 Å². The van der Waals surface area contributed by atoms with Gasteiger partial charge in [-0.25, -0.2) is 4.72 Å². The van der Waals surface area contributed by atoms with Gasteiger partial charge in [0.25, 0.3) is 15.0 Å². The number of nitrogens with two attached hydrogens (primary N) is 1. The highest BCUT2D eigenvalue weighted by Crippen LogP contribution is 2.13. The predicted molar refractivity (Wildman–Crippen MR) is 60.3 cm³/mol. The lowest BCUT2D eigenvalue weighted by Gasteiger charge is -2.09. The van der Waals surface area contributed by atoms with Gasteiger partial charge in [0.05, 0.1) is 22.3 Å². The minimum atomic E-state index is -3.84. The first-order valence-electron chi connectivity index (χ1n) is 3.68. The highest BCUT2D eigenvalue weighted by Gasteiger charge is 2.21. The van der Waals surface area contributed by atoms with Crippen molar-refractivity contribution in [3.63, 3.8) is 0 Å². The summed E-state index contributed by atoms with van der Waals surface area (Å²) in [5.74, 6) is -1.39.